The fraction of sp³-hybridized carbons (Fsp3) is 0.346. The molecule has 1 saturated carbocycles. The molecule has 0 radical (unpaired) electrons. The highest BCUT2D eigenvalue weighted by atomic mass is 35.5. The van der Waals surface area contributed by atoms with Gasteiger partial charge in [-0.3, -0.25) is 14.3 Å². The lowest BCUT2D eigenvalue weighted by Gasteiger charge is -2.21. The number of nitrogens with zero attached hydrogens (tertiary/aromatic N) is 3. The molecule has 1 aliphatic carbocycles. The van der Waals surface area contributed by atoms with E-state index >= 15 is 0 Å². The minimum Gasteiger partial charge on any atom is -0.489 e. The molecule has 3 heterocycles. The molecular formula is C26H27ClN4O3S. The van der Waals surface area contributed by atoms with Crippen molar-refractivity contribution < 1.29 is 4.74 Å². The Hall–Kier alpha value is -2.94. The van der Waals surface area contributed by atoms with Crippen molar-refractivity contribution >= 4 is 33.2 Å². The topological polar surface area (TPSA) is 92.1 Å². The van der Waals surface area contributed by atoms with E-state index in [0.29, 0.717) is 5.02 Å². The number of rotatable bonds is 5. The molecule has 0 unspecified atom stereocenters. The molecule has 0 saturated heterocycles. The van der Waals surface area contributed by atoms with Crippen molar-refractivity contribution in [3.63, 3.8) is 0 Å². The van der Waals surface area contributed by atoms with E-state index in [9.17, 15) is 9.59 Å². The van der Waals surface area contributed by atoms with Gasteiger partial charge in [0.25, 0.3) is 5.56 Å². The van der Waals surface area contributed by atoms with Crippen molar-refractivity contribution in [3.05, 3.63) is 79.0 Å². The molecule has 4 aromatic rings. The van der Waals surface area contributed by atoms with Gasteiger partial charge in [0.15, 0.2) is 0 Å². The molecular weight excluding hydrogens is 484 g/mol. The highest BCUT2D eigenvalue weighted by Crippen LogP contribution is 2.43. The van der Waals surface area contributed by atoms with Gasteiger partial charge < -0.3 is 15.0 Å². The number of fused-ring (bicyclic) bond motifs is 1. The Bertz CT molecular complexity index is 1550. The van der Waals surface area contributed by atoms with E-state index in [1.54, 1.807) is 13.2 Å². The molecule has 2 atom stereocenters. The van der Waals surface area contributed by atoms with Gasteiger partial charge in [0.2, 0.25) is 0 Å². The standard InChI is InChI=1S/C26H27ClN4O3S/c1-15-10-16(27)11-20(23(15)34-17-4-7-26(2,28)13-17)19-5-8-29-21-12-18(35-24(19)21)14-31-22(32)6-9-30(3)25(31)33/h5-6,8-12,17H,4,7,13-14,28H2,1-3H3/t17-,26-/m1/s1. The molecule has 0 spiro atoms. The zero-order valence-corrected chi connectivity index (χ0v) is 21.4. The number of ether oxygens (including phenoxy) is 1. The van der Waals surface area contributed by atoms with Crippen molar-refractivity contribution in [2.24, 2.45) is 12.8 Å². The number of hydrogen-bond donors (Lipinski definition) is 1. The van der Waals surface area contributed by atoms with Crippen LogP contribution in [0.2, 0.25) is 5.02 Å². The van der Waals surface area contributed by atoms with Gasteiger partial charge in [-0.2, -0.15) is 0 Å². The second-order valence-electron chi connectivity index (χ2n) is 9.66. The highest BCUT2D eigenvalue weighted by molar-refractivity contribution is 7.19. The second kappa shape index (κ2) is 8.93. The molecule has 1 aliphatic rings. The Morgan fingerprint density at radius 3 is 2.80 bits per heavy atom. The highest BCUT2D eigenvalue weighted by Gasteiger charge is 2.33. The van der Waals surface area contributed by atoms with Crippen LogP contribution >= 0.6 is 22.9 Å². The summed E-state index contributed by atoms with van der Waals surface area (Å²) in [5.41, 5.74) is 9.05. The summed E-state index contributed by atoms with van der Waals surface area (Å²) in [6.07, 6.45) is 5.90. The third-order valence-corrected chi connectivity index (χ3v) is 7.92. The molecule has 1 fully saturated rings. The lowest BCUT2D eigenvalue weighted by atomic mass is 10.0. The third kappa shape index (κ3) is 4.66. The van der Waals surface area contributed by atoms with Gasteiger partial charge in [0.1, 0.15) is 11.9 Å². The van der Waals surface area contributed by atoms with Gasteiger partial charge in [-0.25, -0.2) is 4.79 Å². The normalized spacial score (nSPS) is 20.0. The summed E-state index contributed by atoms with van der Waals surface area (Å²) in [5.74, 6) is 0.799. The van der Waals surface area contributed by atoms with Crippen LogP contribution in [0.15, 0.2) is 52.3 Å². The first-order valence-electron chi connectivity index (χ1n) is 11.5. The smallest absolute Gasteiger partial charge is 0.331 e. The largest absolute Gasteiger partial charge is 0.489 e. The number of halogens is 1. The van der Waals surface area contributed by atoms with Crippen LogP contribution in [-0.4, -0.2) is 25.8 Å². The van der Waals surface area contributed by atoms with Crippen LogP contribution < -0.4 is 21.7 Å². The number of hydrogen-bond acceptors (Lipinski definition) is 6. The SMILES string of the molecule is Cc1cc(Cl)cc(-c2ccnc3cc(Cn4c(=O)ccn(C)c4=O)sc23)c1O[C@@H]1CC[C@@](C)(N)C1. The molecule has 0 amide bonds. The third-order valence-electron chi connectivity index (χ3n) is 6.56. The van der Waals surface area contributed by atoms with Gasteiger partial charge >= 0.3 is 5.69 Å². The van der Waals surface area contributed by atoms with Crippen molar-refractivity contribution in [3.8, 4) is 16.9 Å². The number of aromatic nitrogens is 3. The summed E-state index contributed by atoms with van der Waals surface area (Å²) < 4.78 is 10.1. The van der Waals surface area contributed by atoms with E-state index in [1.165, 1.54) is 32.7 Å². The fourth-order valence-electron chi connectivity index (χ4n) is 4.76. The molecule has 0 aliphatic heterocycles. The average Bonchev–Trinajstić information content (AvgIpc) is 3.37. The summed E-state index contributed by atoms with van der Waals surface area (Å²) in [5, 5.41) is 0.626. The minimum absolute atomic E-state index is 0.0426. The van der Waals surface area contributed by atoms with Crippen LogP contribution in [0.3, 0.4) is 0 Å². The maximum absolute atomic E-state index is 12.5. The first kappa shape index (κ1) is 23.8. The predicted molar refractivity (Wildman–Crippen MR) is 141 cm³/mol. The summed E-state index contributed by atoms with van der Waals surface area (Å²) in [6, 6.07) is 9.11. The van der Waals surface area contributed by atoms with Gasteiger partial charge in [-0.15, -0.1) is 11.3 Å². The zero-order valence-electron chi connectivity index (χ0n) is 19.9. The molecule has 2 N–H and O–H groups in total. The van der Waals surface area contributed by atoms with Crippen molar-refractivity contribution in [1.29, 1.82) is 0 Å². The Morgan fingerprint density at radius 1 is 1.26 bits per heavy atom. The van der Waals surface area contributed by atoms with Crippen LogP contribution in [0.1, 0.15) is 36.6 Å². The van der Waals surface area contributed by atoms with Gasteiger partial charge in [0.05, 0.1) is 16.8 Å². The van der Waals surface area contributed by atoms with E-state index in [0.717, 1.165) is 56.8 Å². The Labute approximate surface area is 211 Å². The molecule has 3 aromatic heterocycles. The number of benzene rings is 1. The molecule has 5 rings (SSSR count). The number of thiophene rings is 1. The van der Waals surface area contributed by atoms with Crippen molar-refractivity contribution in [1.82, 2.24) is 14.1 Å². The van der Waals surface area contributed by atoms with E-state index in [1.807, 2.05) is 31.2 Å². The molecule has 0 bridgehead atoms. The lowest BCUT2D eigenvalue weighted by molar-refractivity contribution is 0.201. The minimum atomic E-state index is -0.354. The van der Waals surface area contributed by atoms with Gasteiger partial charge in [0, 0.05) is 58.5 Å². The van der Waals surface area contributed by atoms with Crippen molar-refractivity contribution in [2.45, 2.75) is 51.3 Å². The summed E-state index contributed by atoms with van der Waals surface area (Å²) in [4.78, 5) is 30.2. The number of aryl methyl sites for hydroxylation is 2. The van der Waals surface area contributed by atoms with E-state index in [4.69, 9.17) is 22.1 Å². The van der Waals surface area contributed by atoms with Crippen LogP contribution in [0, 0.1) is 6.92 Å². The molecule has 1 aromatic carbocycles. The zero-order chi connectivity index (χ0) is 24.9. The van der Waals surface area contributed by atoms with Crippen LogP contribution in [-0.2, 0) is 13.6 Å². The van der Waals surface area contributed by atoms with E-state index < -0.39 is 0 Å². The summed E-state index contributed by atoms with van der Waals surface area (Å²) >= 11 is 8.00. The first-order valence-corrected chi connectivity index (χ1v) is 12.7. The van der Waals surface area contributed by atoms with E-state index in [-0.39, 0.29) is 29.4 Å². The number of pyridine rings is 1. The predicted octanol–water partition coefficient (Wildman–Crippen LogP) is 4.48. The maximum Gasteiger partial charge on any atom is 0.331 e. The molecule has 182 valence electrons. The summed E-state index contributed by atoms with van der Waals surface area (Å²) in [6.45, 7) is 4.25. The van der Waals surface area contributed by atoms with Gasteiger partial charge in [-0.1, -0.05) is 11.6 Å². The Kier molecular flexibility index (Phi) is 6.07. The average molecular weight is 511 g/mol. The fourth-order valence-corrected chi connectivity index (χ4v) is 6.16. The molecule has 7 nitrogen and oxygen atoms in total. The molecule has 9 heteroatoms. The maximum atomic E-state index is 12.5. The lowest BCUT2D eigenvalue weighted by Crippen LogP contribution is -2.37. The quantitative estimate of drug-likeness (QED) is 0.427. The van der Waals surface area contributed by atoms with Gasteiger partial charge in [-0.05, 0) is 56.5 Å². The Balaban J connectivity index is 1.58. The van der Waals surface area contributed by atoms with E-state index in [2.05, 4.69) is 11.9 Å². The van der Waals surface area contributed by atoms with Crippen molar-refractivity contribution in [2.75, 3.05) is 0 Å². The number of nitrogens with two attached hydrogens (primary N) is 1. The molecule has 35 heavy (non-hydrogen) atoms. The van der Waals surface area contributed by atoms with Crippen LogP contribution in [0.5, 0.6) is 5.75 Å². The van der Waals surface area contributed by atoms with Crippen LogP contribution in [0.25, 0.3) is 21.3 Å². The first-order chi connectivity index (χ1) is 16.6. The monoisotopic (exact) mass is 510 g/mol. The summed E-state index contributed by atoms with van der Waals surface area (Å²) in [7, 11) is 1.63. The van der Waals surface area contributed by atoms with Crippen LogP contribution in [0.4, 0.5) is 0 Å². The Morgan fingerprint density at radius 2 is 2.06 bits per heavy atom. The second-order valence-corrected chi connectivity index (χ2v) is 11.2.